The molecule has 0 bridgehead atoms. The summed E-state index contributed by atoms with van der Waals surface area (Å²) in [5, 5.41) is 27.0. The van der Waals surface area contributed by atoms with Gasteiger partial charge in [0.15, 0.2) is 0 Å². The summed E-state index contributed by atoms with van der Waals surface area (Å²) >= 11 is 0. The predicted octanol–water partition coefficient (Wildman–Crippen LogP) is -0.476. The molecule has 0 radical (unpaired) electrons. The zero-order valence-corrected chi connectivity index (χ0v) is 6.35. The summed E-state index contributed by atoms with van der Waals surface area (Å²) in [4.78, 5) is 0. The summed E-state index contributed by atoms with van der Waals surface area (Å²) in [7, 11) is 0. The van der Waals surface area contributed by atoms with E-state index in [1.54, 1.807) is 6.08 Å². The lowest BCUT2D eigenvalue weighted by molar-refractivity contribution is 0.0324. The third-order valence-corrected chi connectivity index (χ3v) is 2.26. The molecule has 0 unspecified atom stereocenters. The molecule has 11 heavy (non-hydrogen) atoms. The molecule has 0 heterocycles. The van der Waals surface area contributed by atoms with Crippen molar-refractivity contribution >= 4 is 0 Å². The molecule has 0 aliphatic heterocycles. The van der Waals surface area contributed by atoms with Crippen LogP contribution in [-0.4, -0.2) is 34.6 Å². The van der Waals surface area contributed by atoms with Gasteiger partial charge in [0.05, 0.1) is 6.10 Å². The summed E-state index contributed by atoms with van der Waals surface area (Å²) in [5.41, 5.74) is 0. The van der Waals surface area contributed by atoms with Crippen molar-refractivity contribution in [3.63, 3.8) is 0 Å². The molecular formula is C8H14O3. The van der Waals surface area contributed by atoms with E-state index in [1.807, 2.05) is 6.08 Å². The maximum absolute atomic E-state index is 9.31. The van der Waals surface area contributed by atoms with Crippen molar-refractivity contribution in [3.05, 3.63) is 12.2 Å². The maximum atomic E-state index is 9.31. The van der Waals surface area contributed by atoms with Crippen molar-refractivity contribution in [1.29, 1.82) is 0 Å². The third-order valence-electron chi connectivity index (χ3n) is 2.26. The molecule has 0 spiro atoms. The summed E-state index contributed by atoms with van der Waals surface area (Å²) in [6.45, 7) is -0.0244. The number of aliphatic hydroxyl groups excluding tert-OH is 3. The first kappa shape index (κ1) is 8.71. The second-order valence-corrected chi connectivity index (χ2v) is 2.94. The second kappa shape index (κ2) is 3.85. The minimum atomic E-state index is -0.592. The average Bonchev–Trinajstić information content (AvgIpc) is 2.04. The normalized spacial score (nSPS) is 37.5. The van der Waals surface area contributed by atoms with Crippen LogP contribution in [0.3, 0.4) is 0 Å². The molecule has 3 atom stereocenters. The van der Waals surface area contributed by atoms with E-state index in [0.29, 0.717) is 0 Å². The van der Waals surface area contributed by atoms with E-state index in [9.17, 15) is 5.11 Å². The standard InChI is InChI=1S/C8H14O3/c9-4-6-2-1-3-8(11)7(6)5-10/h1,3,6-11H,2,4-5H2/t6-,7+,8+/m0/s1. The summed E-state index contributed by atoms with van der Waals surface area (Å²) < 4.78 is 0. The van der Waals surface area contributed by atoms with Gasteiger partial charge in [-0.15, -0.1) is 0 Å². The van der Waals surface area contributed by atoms with Crippen LogP contribution in [0.15, 0.2) is 12.2 Å². The highest BCUT2D eigenvalue weighted by Crippen LogP contribution is 2.24. The lowest BCUT2D eigenvalue weighted by Gasteiger charge is -2.29. The van der Waals surface area contributed by atoms with E-state index >= 15 is 0 Å². The van der Waals surface area contributed by atoms with Crippen LogP contribution in [0, 0.1) is 11.8 Å². The Labute approximate surface area is 66.0 Å². The molecule has 3 N–H and O–H groups in total. The van der Waals surface area contributed by atoms with E-state index in [-0.39, 0.29) is 25.0 Å². The molecule has 0 amide bonds. The highest BCUT2D eigenvalue weighted by Gasteiger charge is 2.27. The van der Waals surface area contributed by atoms with Gasteiger partial charge in [0.25, 0.3) is 0 Å². The number of hydrogen-bond donors (Lipinski definition) is 3. The molecule has 0 aromatic heterocycles. The Morgan fingerprint density at radius 2 is 2.00 bits per heavy atom. The van der Waals surface area contributed by atoms with E-state index in [0.717, 1.165) is 6.42 Å². The zero-order chi connectivity index (χ0) is 8.27. The average molecular weight is 158 g/mol. The maximum Gasteiger partial charge on any atom is 0.0774 e. The Morgan fingerprint density at radius 1 is 1.27 bits per heavy atom. The topological polar surface area (TPSA) is 60.7 Å². The van der Waals surface area contributed by atoms with Gasteiger partial charge in [-0.3, -0.25) is 0 Å². The van der Waals surface area contributed by atoms with Crippen LogP contribution in [-0.2, 0) is 0 Å². The van der Waals surface area contributed by atoms with Crippen LogP contribution in [0.4, 0.5) is 0 Å². The number of aliphatic hydroxyl groups is 3. The SMILES string of the molecule is OC[C@@H]1CC=C[C@@H](O)[C@@H]1CO. The largest absolute Gasteiger partial charge is 0.396 e. The quantitative estimate of drug-likeness (QED) is 0.476. The number of rotatable bonds is 2. The molecule has 0 aromatic rings. The fraction of sp³-hybridized carbons (Fsp3) is 0.750. The summed E-state index contributed by atoms with van der Waals surface area (Å²) in [6.07, 6.45) is 3.68. The Balaban J connectivity index is 2.60. The van der Waals surface area contributed by atoms with E-state index in [4.69, 9.17) is 10.2 Å². The molecule has 0 fully saturated rings. The highest BCUT2D eigenvalue weighted by atomic mass is 16.3. The van der Waals surface area contributed by atoms with Crippen molar-refractivity contribution in [3.8, 4) is 0 Å². The van der Waals surface area contributed by atoms with Gasteiger partial charge in [0.2, 0.25) is 0 Å². The van der Waals surface area contributed by atoms with Gasteiger partial charge in [0.1, 0.15) is 0 Å². The Kier molecular flexibility index (Phi) is 3.05. The zero-order valence-electron chi connectivity index (χ0n) is 6.35. The molecule has 1 aliphatic carbocycles. The third kappa shape index (κ3) is 1.80. The van der Waals surface area contributed by atoms with E-state index in [1.165, 1.54) is 0 Å². The van der Waals surface area contributed by atoms with Gasteiger partial charge in [-0.1, -0.05) is 12.2 Å². The van der Waals surface area contributed by atoms with Crippen LogP contribution in [0.2, 0.25) is 0 Å². The van der Waals surface area contributed by atoms with Crippen molar-refractivity contribution < 1.29 is 15.3 Å². The molecule has 3 heteroatoms. The van der Waals surface area contributed by atoms with Crippen LogP contribution < -0.4 is 0 Å². The van der Waals surface area contributed by atoms with E-state index < -0.39 is 6.10 Å². The van der Waals surface area contributed by atoms with E-state index in [2.05, 4.69) is 0 Å². The first-order valence-electron chi connectivity index (χ1n) is 3.86. The molecule has 1 rings (SSSR count). The number of hydrogen-bond acceptors (Lipinski definition) is 3. The lowest BCUT2D eigenvalue weighted by atomic mass is 9.82. The molecule has 0 saturated carbocycles. The van der Waals surface area contributed by atoms with Crippen molar-refractivity contribution in [2.75, 3.05) is 13.2 Å². The van der Waals surface area contributed by atoms with Gasteiger partial charge < -0.3 is 15.3 Å². The Morgan fingerprint density at radius 3 is 2.45 bits per heavy atom. The summed E-state index contributed by atoms with van der Waals surface area (Å²) in [6, 6.07) is 0. The molecule has 0 saturated heterocycles. The Hall–Kier alpha value is -0.380. The van der Waals surface area contributed by atoms with Crippen LogP contribution in [0.5, 0.6) is 0 Å². The van der Waals surface area contributed by atoms with Gasteiger partial charge in [-0.25, -0.2) is 0 Å². The van der Waals surface area contributed by atoms with Crippen LogP contribution >= 0.6 is 0 Å². The van der Waals surface area contributed by atoms with Crippen molar-refractivity contribution in [2.24, 2.45) is 11.8 Å². The summed E-state index contributed by atoms with van der Waals surface area (Å²) in [5.74, 6) is -0.176. The predicted molar refractivity (Wildman–Crippen MR) is 40.9 cm³/mol. The molecule has 64 valence electrons. The Bertz CT molecular complexity index is 144. The van der Waals surface area contributed by atoms with Gasteiger partial charge in [-0.2, -0.15) is 0 Å². The first-order chi connectivity index (χ1) is 5.29. The molecular weight excluding hydrogens is 144 g/mol. The minimum absolute atomic E-state index is 0.0139. The van der Waals surface area contributed by atoms with Crippen molar-refractivity contribution in [2.45, 2.75) is 12.5 Å². The van der Waals surface area contributed by atoms with Crippen LogP contribution in [0.1, 0.15) is 6.42 Å². The minimum Gasteiger partial charge on any atom is -0.396 e. The highest BCUT2D eigenvalue weighted by molar-refractivity contribution is 5.00. The van der Waals surface area contributed by atoms with Gasteiger partial charge in [0, 0.05) is 19.1 Å². The molecule has 0 aromatic carbocycles. The fourth-order valence-corrected chi connectivity index (χ4v) is 1.46. The first-order valence-corrected chi connectivity index (χ1v) is 3.86. The van der Waals surface area contributed by atoms with Gasteiger partial charge in [-0.05, 0) is 12.3 Å². The van der Waals surface area contributed by atoms with Gasteiger partial charge >= 0.3 is 0 Å². The van der Waals surface area contributed by atoms with Crippen molar-refractivity contribution in [1.82, 2.24) is 0 Å². The molecule has 3 nitrogen and oxygen atoms in total. The second-order valence-electron chi connectivity index (χ2n) is 2.94. The molecule has 1 aliphatic rings. The fourth-order valence-electron chi connectivity index (χ4n) is 1.46. The smallest absolute Gasteiger partial charge is 0.0774 e. The monoisotopic (exact) mass is 158 g/mol. The lowest BCUT2D eigenvalue weighted by Crippen LogP contribution is -2.33. The van der Waals surface area contributed by atoms with Crippen LogP contribution in [0.25, 0.3) is 0 Å². The number of allylic oxidation sites excluding steroid dienone is 1.